The van der Waals surface area contributed by atoms with Gasteiger partial charge in [-0.1, -0.05) is 56.9 Å². The first-order valence-corrected chi connectivity index (χ1v) is 17.5. The van der Waals surface area contributed by atoms with Gasteiger partial charge in [-0.3, -0.25) is 20.0 Å². The van der Waals surface area contributed by atoms with Crippen LogP contribution >= 0.6 is 0 Å². The number of fused-ring (bicyclic) bond motifs is 3. The van der Waals surface area contributed by atoms with Crippen molar-refractivity contribution in [3.05, 3.63) is 81.7 Å². The minimum atomic E-state index is -0.558. The highest BCUT2D eigenvalue weighted by Crippen LogP contribution is 2.60. The van der Waals surface area contributed by atoms with Crippen molar-refractivity contribution in [3.63, 3.8) is 0 Å². The average Bonchev–Trinajstić information content (AvgIpc) is 3.77. The maximum absolute atomic E-state index is 12.5. The van der Waals surface area contributed by atoms with E-state index in [0.717, 1.165) is 54.9 Å². The summed E-state index contributed by atoms with van der Waals surface area (Å²) >= 11 is 0. The minimum absolute atomic E-state index is 0.0147. The molecule has 3 heterocycles. The number of ether oxygens (including phenoxy) is 1. The summed E-state index contributed by atoms with van der Waals surface area (Å²) in [5, 5.41) is 24.3. The second-order valence-corrected chi connectivity index (χ2v) is 14.2. The van der Waals surface area contributed by atoms with Crippen molar-refractivity contribution in [3.8, 4) is 11.5 Å². The molecule has 0 bridgehead atoms. The maximum Gasteiger partial charge on any atom is 0.227 e. The number of phenolic OH excluding ortho intramolecular Hbond substituents is 1. The van der Waals surface area contributed by atoms with Crippen LogP contribution < -0.4 is 20.7 Å². The molecule has 0 amide bonds. The third-order valence-corrected chi connectivity index (χ3v) is 11.3. The highest BCUT2D eigenvalue weighted by molar-refractivity contribution is 5.91. The zero-order valence-corrected chi connectivity index (χ0v) is 27.1. The highest BCUT2D eigenvalue weighted by Gasteiger charge is 2.55. The average molecular weight is 626 g/mol. The van der Waals surface area contributed by atoms with Crippen LogP contribution in [0.1, 0.15) is 105 Å². The largest absolute Gasteiger partial charge is 0.504 e. The molecule has 2 aliphatic carbocycles. The summed E-state index contributed by atoms with van der Waals surface area (Å²) in [6.07, 6.45) is 13.4. The number of benzene rings is 2. The van der Waals surface area contributed by atoms with E-state index in [-0.39, 0.29) is 29.5 Å². The number of aliphatic hydroxyl groups is 1. The molecule has 0 radical (unpaired) electrons. The lowest BCUT2D eigenvalue weighted by Gasteiger charge is -2.48. The molecule has 6 N–H and O–H groups in total. The quantitative estimate of drug-likeness (QED) is 0.210. The number of carbonyl (C=O) groups excluding carboxylic acids is 1. The van der Waals surface area contributed by atoms with E-state index in [0.29, 0.717) is 43.6 Å². The van der Waals surface area contributed by atoms with Crippen molar-refractivity contribution in [2.45, 2.75) is 101 Å². The van der Waals surface area contributed by atoms with Crippen molar-refractivity contribution >= 4 is 12.0 Å². The molecule has 0 spiro atoms. The van der Waals surface area contributed by atoms with Crippen molar-refractivity contribution in [2.75, 3.05) is 19.8 Å². The van der Waals surface area contributed by atoms with E-state index < -0.39 is 6.10 Å². The first kappa shape index (κ1) is 31.3. The van der Waals surface area contributed by atoms with Crippen molar-refractivity contribution in [2.24, 2.45) is 16.6 Å². The van der Waals surface area contributed by atoms with Gasteiger partial charge in [-0.25, -0.2) is 0 Å². The summed E-state index contributed by atoms with van der Waals surface area (Å²) < 4.78 is 6.19. The standard InChI is InChI=1S/C38H48N4O4/c1-2-3-4-8-27(43)18-28(44)13-11-24-12-14-34(45)35(16-24)46-23-42-21-30-32(20-40-33(30)22-42)38-15-6-7-26(38)17-25-19-41-37(39)29-9-5-10-31(38)36(25)29/h5,9-10,12,14,16,20,22,25-27,37,41,43,45H,2-4,6-8,11,13,15,17-19,21,23,39H2,1H3/p+1. The molecular weight excluding hydrogens is 576 g/mol. The Balaban J connectivity index is 1.03. The number of aliphatic imine (C=N–C) groups is 1. The fourth-order valence-electron chi connectivity index (χ4n) is 9.04. The van der Waals surface area contributed by atoms with Crippen LogP contribution in [-0.4, -0.2) is 48.1 Å². The number of phenols is 1. The lowest BCUT2D eigenvalue weighted by atomic mass is 9.57. The summed E-state index contributed by atoms with van der Waals surface area (Å²) in [5.74, 6) is 1.71. The van der Waals surface area contributed by atoms with Gasteiger partial charge in [0.25, 0.3) is 0 Å². The van der Waals surface area contributed by atoms with Crippen LogP contribution in [0.2, 0.25) is 0 Å². The number of rotatable bonds is 13. The number of allylic oxidation sites excluding steroid dienone is 1. The van der Waals surface area contributed by atoms with E-state index in [4.69, 9.17) is 15.5 Å². The molecule has 244 valence electrons. The van der Waals surface area contributed by atoms with E-state index in [1.54, 1.807) is 6.07 Å². The lowest BCUT2D eigenvalue weighted by molar-refractivity contribution is -0.855. The van der Waals surface area contributed by atoms with Gasteiger partial charge >= 0.3 is 0 Å². The van der Waals surface area contributed by atoms with Gasteiger partial charge in [0.1, 0.15) is 24.2 Å². The summed E-state index contributed by atoms with van der Waals surface area (Å²) in [7, 11) is 0. The van der Waals surface area contributed by atoms with Crippen LogP contribution in [-0.2, 0) is 16.6 Å². The number of hydrogen-bond acceptors (Lipinski definition) is 7. The summed E-state index contributed by atoms with van der Waals surface area (Å²) in [5.41, 5.74) is 15.4. The Kier molecular flexibility index (Phi) is 8.89. The summed E-state index contributed by atoms with van der Waals surface area (Å²) in [6.45, 7) is 4.25. The maximum atomic E-state index is 12.5. The van der Waals surface area contributed by atoms with Crippen molar-refractivity contribution in [1.82, 2.24) is 5.32 Å². The molecule has 8 nitrogen and oxygen atoms in total. The number of quaternary nitrogens is 1. The zero-order valence-electron chi connectivity index (χ0n) is 27.1. The number of carbonyl (C=O) groups is 1. The van der Waals surface area contributed by atoms with E-state index in [9.17, 15) is 15.0 Å². The third kappa shape index (κ3) is 5.74. The van der Waals surface area contributed by atoms with Gasteiger partial charge in [0.15, 0.2) is 11.5 Å². The second-order valence-electron chi connectivity index (χ2n) is 14.2. The Bertz CT molecular complexity index is 1580. The van der Waals surface area contributed by atoms with E-state index >= 15 is 0 Å². The topological polar surface area (TPSA) is 122 Å². The molecule has 2 aromatic rings. The molecule has 1 saturated carbocycles. The molecule has 0 aromatic heterocycles. The first-order valence-electron chi connectivity index (χ1n) is 17.5. The summed E-state index contributed by atoms with van der Waals surface area (Å²) in [4.78, 5) is 18.6. The fraction of sp³-hybridized carbons (Fsp3) is 0.526. The second kappa shape index (κ2) is 13.1. The Morgan fingerprint density at radius 1 is 1.26 bits per heavy atom. The number of nitrogens with two attached hydrogens (primary N) is 1. The number of nitrogens with zero attached hydrogens (tertiary/aromatic N) is 1. The molecule has 3 aliphatic heterocycles. The monoisotopic (exact) mass is 625 g/mol. The number of aliphatic hydroxyl groups excluding tert-OH is 1. The number of unbranched alkanes of at least 4 members (excludes halogenated alkanes) is 2. The van der Waals surface area contributed by atoms with Crippen LogP contribution in [0.15, 0.2) is 64.4 Å². The van der Waals surface area contributed by atoms with Gasteiger partial charge in [0.2, 0.25) is 6.73 Å². The summed E-state index contributed by atoms with van der Waals surface area (Å²) in [6, 6.07) is 12.1. The lowest BCUT2D eigenvalue weighted by Crippen LogP contribution is -3.07. The van der Waals surface area contributed by atoms with Crippen LogP contribution in [0.5, 0.6) is 11.5 Å². The van der Waals surface area contributed by atoms with Crippen LogP contribution in [0, 0.1) is 5.92 Å². The van der Waals surface area contributed by atoms with E-state index in [2.05, 4.69) is 42.9 Å². The third-order valence-electron chi connectivity index (χ3n) is 11.3. The SMILES string of the molecule is CCCCCC(O)CC(=O)CCc1ccc(O)c(OC[NH+]2C=C3N=CC(C45CCCC4CC4CNC(N)c6cccc5c64)=C3C2)c1. The van der Waals surface area contributed by atoms with E-state index in [1.165, 1.54) is 47.1 Å². The Morgan fingerprint density at radius 3 is 3.02 bits per heavy atom. The van der Waals surface area contributed by atoms with Crippen LogP contribution in [0.4, 0.5) is 0 Å². The molecule has 1 fully saturated rings. The molecule has 6 atom stereocenters. The van der Waals surface area contributed by atoms with Gasteiger partial charge in [0, 0.05) is 36.6 Å². The van der Waals surface area contributed by atoms with Crippen molar-refractivity contribution < 1.29 is 24.6 Å². The number of aryl methyl sites for hydroxylation is 1. The van der Waals surface area contributed by atoms with Crippen LogP contribution in [0.3, 0.4) is 0 Å². The molecule has 6 unspecified atom stereocenters. The number of hydrogen-bond donors (Lipinski definition) is 5. The molecular formula is C38H49N4O4+. The predicted octanol–water partition coefficient (Wildman–Crippen LogP) is 4.47. The number of Topliss-reactive ketones (excluding diaryl/α,β-unsaturated/α-hetero) is 1. The fourth-order valence-corrected chi connectivity index (χ4v) is 9.04. The molecule has 7 rings (SSSR count). The molecule has 5 aliphatic rings. The van der Waals surface area contributed by atoms with E-state index in [1.807, 2.05) is 12.1 Å². The molecule has 46 heavy (non-hydrogen) atoms. The number of aromatic hydroxyl groups is 1. The van der Waals surface area contributed by atoms with Gasteiger partial charge in [-0.2, -0.15) is 0 Å². The van der Waals surface area contributed by atoms with Gasteiger partial charge in [-0.05, 0) is 83.9 Å². The molecule has 2 aromatic carbocycles. The Hall–Kier alpha value is -3.30. The van der Waals surface area contributed by atoms with Crippen LogP contribution in [0.25, 0.3) is 0 Å². The number of ketones is 1. The molecule has 8 heteroatoms. The molecule has 0 saturated heterocycles. The Labute approximate surface area is 272 Å². The van der Waals surface area contributed by atoms with Crippen molar-refractivity contribution in [1.29, 1.82) is 0 Å². The van der Waals surface area contributed by atoms with Gasteiger partial charge in [0.05, 0.1) is 12.3 Å². The first-order chi connectivity index (χ1) is 22.4. The Morgan fingerprint density at radius 2 is 2.15 bits per heavy atom. The normalized spacial score (nSPS) is 28.1. The minimum Gasteiger partial charge on any atom is -0.504 e. The smallest absolute Gasteiger partial charge is 0.227 e. The number of nitrogens with one attached hydrogen (secondary N) is 2. The van der Waals surface area contributed by atoms with Gasteiger partial charge in [-0.15, -0.1) is 0 Å². The highest BCUT2D eigenvalue weighted by atomic mass is 16.5. The zero-order chi connectivity index (χ0) is 31.8. The predicted molar refractivity (Wildman–Crippen MR) is 179 cm³/mol. The van der Waals surface area contributed by atoms with Gasteiger partial charge < -0.3 is 20.7 Å².